The van der Waals surface area contributed by atoms with Crippen LogP contribution in [0, 0.1) is 17.2 Å². The van der Waals surface area contributed by atoms with Gasteiger partial charge in [-0.25, -0.2) is 4.79 Å². The number of carbonyl (C=O) groups excluding carboxylic acids is 2. The molecule has 5 nitrogen and oxygen atoms in total. The summed E-state index contributed by atoms with van der Waals surface area (Å²) < 4.78 is 5.52. The molecule has 1 saturated heterocycles. The molecule has 1 amide bonds. The average molecular weight is 391 g/mol. The van der Waals surface area contributed by atoms with Crippen LogP contribution in [0.15, 0.2) is 24.3 Å². The molecular formula is C19H22N2O3S2. The summed E-state index contributed by atoms with van der Waals surface area (Å²) in [7, 11) is 0. The number of amides is 1. The molecular weight excluding hydrogens is 368 g/mol. The molecule has 0 bridgehead atoms. The first-order valence-electron chi connectivity index (χ1n) is 8.74. The number of hydrogen-bond donors (Lipinski definition) is 1. The SMILES string of the molecule is C[C@](C#N)(NC(=O)COC(=O)c1ccc(C2SCCCS2)cc1)C1CC1. The van der Waals surface area contributed by atoms with Gasteiger partial charge in [0.1, 0.15) is 5.54 Å². The summed E-state index contributed by atoms with van der Waals surface area (Å²) >= 11 is 3.85. The fraction of sp³-hybridized carbons (Fsp3) is 0.526. The number of rotatable bonds is 6. The highest BCUT2D eigenvalue weighted by Gasteiger charge is 2.43. The number of esters is 1. The van der Waals surface area contributed by atoms with Crippen LogP contribution in [0.25, 0.3) is 0 Å². The van der Waals surface area contributed by atoms with Crippen LogP contribution in [-0.2, 0) is 9.53 Å². The highest BCUT2D eigenvalue weighted by Crippen LogP contribution is 2.43. The summed E-state index contributed by atoms with van der Waals surface area (Å²) in [5.41, 5.74) is 0.751. The molecule has 3 rings (SSSR count). The van der Waals surface area contributed by atoms with Gasteiger partial charge < -0.3 is 10.1 Å². The van der Waals surface area contributed by atoms with E-state index < -0.39 is 17.4 Å². The van der Waals surface area contributed by atoms with Crippen molar-refractivity contribution >= 4 is 35.4 Å². The fourth-order valence-electron chi connectivity index (χ4n) is 2.88. The van der Waals surface area contributed by atoms with Crippen molar-refractivity contribution in [1.29, 1.82) is 5.26 Å². The molecule has 2 aliphatic rings. The van der Waals surface area contributed by atoms with E-state index in [0.29, 0.717) is 10.1 Å². The number of benzene rings is 1. The van der Waals surface area contributed by atoms with Crippen LogP contribution in [0.2, 0.25) is 0 Å². The third kappa shape index (κ3) is 4.74. The number of nitriles is 1. The lowest BCUT2D eigenvalue weighted by molar-refractivity contribution is -0.125. The summed E-state index contributed by atoms with van der Waals surface area (Å²) in [6, 6.07) is 9.54. The predicted molar refractivity (Wildman–Crippen MR) is 104 cm³/mol. The van der Waals surface area contributed by atoms with Gasteiger partial charge in [0, 0.05) is 0 Å². The van der Waals surface area contributed by atoms with Crippen molar-refractivity contribution in [1.82, 2.24) is 5.32 Å². The molecule has 1 atom stereocenters. The predicted octanol–water partition coefficient (Wildman–Crippen LogP) is 3.52. The van der Waals surface area contributed by atoms with Crippen LogP contribution in [-0.4, -0.2) is 35.5 Å². The Morgan fingerprint density at radius 1 is 1.27 bits per heavy atom. The summed E-state index contributed by atoms with van der Waals surface area (Å²) in [4.78, 5) is 24.1. The van der Waals surface area contributed by atoms with Gasteiger partial charge in [-0.3, -0.25) is 4.79 Å². The summed E-state index contributed by atoms with van der Waals surface area (Å²) in [5, 5.41) is 11.9. The van der Waals surface area contributed by atoms with Gasteiger partial charge in [-0.1, -0.05) is 12.1 Å². The van der Waals surface area contributed by atoms with Crippen LogP contribution in [0.3, 0.4) is 0 Å². The van der Waals surface area contributed by atoms with Gasteiger partial charge in [0.25, 0.3) is 5.91 Å². The molecule has 1 aromatic rings. The minimum Gasteiger partial charge on any atom is -0.452 e. The Hall–Kier alpha value is -1.65. The van der Waals surface area contributed by atoms with Gasteiger partial charge in [-0.15, -0.1) is 23.5 Å². The minimum atomic E-state index is -0.875. The Morgan fingerprint density at radius 2 is 1.92 bits per heavy atom. The van der Waals surface area contributed by atoms with Crippen LogP contribution in [0.1, 0.15) is 46.7 Å². The quantitative estimate of drug-likeness (QED) is 0.749. The number of carbonyl (C=O) groups is 2. The van der Waals surface area contributed by atoms with Crippen molar-refractivity contribution in [3.8, 4) is 6.07 Å². The second-order valence-electron chi connectivity index (χ2n) is 6.76. The molecule has 0 unspecified atom stereocenters. The number of ether oxygens (including phenoxy) is 1. The van der Waals surface area contributed by atoms with Crippen molar-refractivity contribution in [2.45, 2.75) is 36.3 Å². The monoisotopic (exact) mass is 390 g/mol. The normalized spacial score (nSPS) is 19.8. The standard InChI is InChI=1S/C19H22N2O3S2/c1-19(12-20,15-7-8-15)21-16(22)11-24-17(23)13-3-5-14(6-4-13)18-25-9-2-10-26-18/h3-6,15,18H,2,7-11H2,1H3,(H,21,22)/t19-/m1/s1. The van der Waals surface area contributed by atoms with Crippen molar-refractivity contribution in [3.63, 3.8) is 0 Å². The van der Waals surface area contributed by atoms with Gasteiger partial charge >= 0.3 is 5.97 Å². The fourth-order valence-corrected chi connectivity index (χ4v) is 5.77. The third-order valence-corrected chi connectivity index (χ3v) is 7.62. The zero-order chi connectivity index (χ0) is 18.6. The molecule has 0 aromatic heterocycles. The van der Waals surface area contributed by atoms with E-state index in [1.54, 1.807) is 19.1 Å². The lowest BCUT2D eigenvalue weighted by Gasteiger charge is -2.22. The maximum absolute atomic E-state index is 12.1. The lowest BCUT2D eigenvalue weighted by Crippen LogP contribution is -2.48. The van der Waals surface area contributed by atoms with Crippen molar-refractivity contribution < 1.29 is 14.3 Å². The van der Waals surface area contributed by atoms with E-state index in [-0.39, 0.29) is 12.5 Å². The topological polar surface area (TPSA) is 79.2 Å². The van der Waals surface area contributed by atoms with E-state index in [0.717, 1.165) is 12.8 Å². The maximum atomic E-state index is 12.1. The Kier molecular flexibility index (Phi) is 6.15. The molecule has 2 fully saturated rings. The maximum Gasteiger partial charge on any atom is 0.338 e. The highest BCUT2D eigenvalue weighted by atomic mass is 32.2. The average Bonchev–Trinajstić information content (AvgIpc) is 3.53. The molecule has 26 heavy (non-hydrogen) atoms. The Morgan fingerprint density at radius 3 is 2.50 bits per heavy atom. The van der Waals surface area contributed by atoms with E-state index in [1.807, 2.05) is 35.7 Å². The van der Waals surface area contributed by atoms with Gasteiger partial charge in [-0.2, -0.15) is 5.26 Å². The van der Waals surface area contributed by atoms with Crippen molar-refractivity contribution in [3.05, 3.63) is 35.4 Å². The van der Waals surface area contributed by atoms with Gasteiger partial charge in [0.15, 0.2) is 6.61 Å². The zero-order valence-electron chi connectivity index (χ0n) is 14.7. The third-order valence-electron chi connectivity index (χ3n) is 4.61. The molecule has 7 heteroatoms. The lowest BCUT2D eigenvalue weighted by atomic mass is 9.98. The summed E-state index contributed by atoms with van der Waals surface area (Å²) in [6.45, 7) is 1.34. The molecule has 1 aromatic carbocycles. The Bertz CT molecular complexity index is 706. The van der Waals surface area contributed by atoms with Crippen LogP contribution >= 0.6 is 23.5 Å². The van der Waals surface area contributed by atoms with Crippen LogP contribution in [0.5, 0.6) is 0 Å². The summed E-state index contributed by atoms with van der Waals surface area (Å²) in [6.07, 6.45) is 3.12. The Labute approximate surface area is 162 Å². The Balaban J connectivity index is 1.50. The summed E-state index contributed by atoms with van der Waals surface area (Å²) in [5.74, 6) is 1.55. The van der Waals surface area contributed by atoms with E-state index in [1.165, 1.54) is 23.5 Å². The first-order valence-corrected chi connectivity index (χ1v) is 10.8. The smallest absolute Gasteiger partial charge is 0.338 e. The van der Waals surface area contributed by atoms with E-state index in [2.05, 4.69) is 11.4 Å². The number of nitrogens with zero attached hydrogens (tertiary/aromatic N) is 1. The molecule has 1 aliphatic carbocycles. The van der Waals surface area contributed by atoms with Crippen LogP contribution < -0.4 is 5.32 Å². The van der Waals surface area contributed by atoms with E-state index in [4.69, 9.17) is 4.74 Å². The van der Waals surface area contributed by atoms with Gasteiger partial charge in [0.05, 0.1) is 16.2 Å². The van der Waals surface area contributed by atoms with E-state index >= 15 is 0 Å². The molecule has 1 aliphatic heterocycles. The molecule has 0 radical (unpaired) electrons. The highest BCUT2D eigenvalue weighted by molar-refractivity contribution is 8.16. The molecule has 1 N–H and O–H groups in total. The zero-order valence-corrected chi connectivity index (χ0v) is 16.3. The molecule has 1 heterocycles. The van der Waals surface area contributed by atoms with E-state index in [9.17, 15) is 14.9 Å². The number of hydrogen-bond acceptors (Lipinski definition) is 6. The van der Waals surface area contributed by atoms with Crippen LogP contribution in [0.4, 0.5) is 0 Å². The molecule has 1 saturated carbocycles. The first-order chi connectivity index (χ1) is 12.5. The number of nitrogens with one attached hydrogen (secondary N) is 1. The van der Waals surface area contributed by atoms with Crippen molar-refractivity contribution in [2.24, 2.45) is 5.92 Å². The first kappa shape index (κ1) is 19.1. The van der Waals surface area contributed by atoms with Gasteiger partial charge in [0.2, 0.25) is 0 Å². The second-order valence-corrected chi connectivity index (χ2v) is 9.49. The van der Waals surface area contributed by atoms with Gasteiger partial charge in [-0.05, 0) is 61.3 Å². The second kappa shape index (κ2) is 8.36. The minimum absolute atomic E-state index is 0.190. The van der Waals surface area contributed by atoms with Crippen molar-refractivity contribution in [2.75, 3.05) is 18.1 Å². The largest absolute Gasteiger partial charge is 0.452 e. The molecule has 138 valence electrons. The molecule has 0 spiro atoms. The number of thioether (sulfide) groups is 2.